The molecule has 0 aromatic carbocycles. The van der Waals surface area contributed by atoms with E-state index in [4.69, 9.17) is 15.9 Å². The number of hydrogen-bond acceptors (Lipinski definition) is 4. The van der Waals surface area contributed by atoms with Gasteiger partial charge in [-0.25, -0.2) is 0 Å². The van der Waals surface area contributed by atoms with Gasteiger partial charge in [-0.1, -0.05) is 0 Å². The molecular weight excluding hydrogens is 150 g/mol. The predicted molar refractivity (Wildman–Crippen MR) is 37.5 cm³/mol. The molecule has 11 heavy (non-hydrogen) atoms. The lowest BCUT2D eigenvalue weighted by molar-refractivity contribution is -0.166. The first-order chi connectivity index (χ1) is 4.83. The van der Waals surface area contributed by atoms with Crippen molar-refractivity contribution in [1.29, 1.82) is 0 Å². The van der Waals surface area contributed by atoms with Crippen molar-refractivity contribution in [2.75, 3.05) is 0 Å². The van der Waals surface area contributed by atoms with E-state index in [1.54, 1.807) is 0 Å². The molecule has 2 unspecified atom stereocenters. The highest BCUT2D eigenvalue weighted by atomic mass is 16.4. The quantitative estimate of drug-likeness (QED) is 0.385. The van der Waals surface area contributed by atoms with E-state index in [1.165, 1.54) is 13.8 Å². The van der Waals surface area contributed by atoms with E-state index in [0.717, 1.165) is 0 Å². The van der Waals surface area contributed by atoms with E-state index < -0.39 is 23.7 Å². The maximum Gasteiger partial charge on any atom is 0.254 e. The lowest BCUT2D eigenvalue weighted by Crippen LogP contribution is -2.59. The van der Waals surface area contributed by atoms with Crippen molar-refractivity contribution in [2.45, 2.75) is 31.7 Å². The minimum absolute atomic E-state index is 1.14. The number of primary amides is 1. The molecule has 0 saturated carbocycles. The minimum Gasteiger partial charge on any atom is -0.390 e. The molecule has 0 aromatic rings. The van der Waals surface area contributed by atoms with E-state index in [1.807, 2.05) is 0 Å². The number of carbonyl (C=O) groups is 1. The Kier molecular flexibility index (Phi) is 2.98. The van der Waals surface area contributed by atoms with E-state index in [-0.39, 0.29) is 0 Å². The molecule has 2 atom stereocenters. The van der Waals surface area contributed by atoms with Crippen LogP contribution in [0.3, 0.4) is 0 Å². The average molecular weight is 163 g/mol. The lowest BCUT2D eigenvalue weighted by atomic mass is 9.91. The molecule has 1 amide bonds. The molecule has 0 aliphatic rings. The first kappa shape index (κ1) is 10.3. The Balaban J connectivity index is 4.67. The summed E-state index contributed by atoms with van der Waals surface area (Å²) in [6.45, 7) is 2.36. The highest BCUT2D eigenvalue weighted by Crippen LogP contribution is 2.14. The minimum atomic E-state index is -2.25. The molecule has 0 saturated heterocycles. The van der Waals surface area contributed by atoms with Crippen LogP contribution in [-0.2, 0) is 4.79 Å². The summed E-state index contributed by atoms with van der Waals surface area (Å²) in [6, 6.07) is 0. The van der Waals surface area contributed by atoms with Gasteiger partial charge in [0, 0.05) is 0 Å². The van der Waals surface area contributed by atoms with E-state index in [0.29, 0.717) is 0 Å². The molecule has 0 fully saturated rings. The van der Waals surface area contributed by atoms with Crippen molar-refractivity contribution in [3.05, 3.63) is 0 Å². The summed E-state index contributed by atoms with van der Waals surface area (Å²) < 4.78 is 0. The molecule has 0 radical (unpaired) electrons. The Morgan fingerprint density at radius 3 is 1.64 bits per heavy atom. The fourth-order valence-corrected chi connectivity index (χ4v) is 0.761. The molecule has 0 heterocycles. The van der Waals surface area contributed by atoms with Crippen molar-refractivity contribution < 1.29 is 20.1 Å². The van der Waals surface area contributed by atoms with Gasteiger partial charge in [0.25, 0.3) is 5.91 Å². The van der Waals surface area contributed by atoms with Crippen LogP contribution in [0.5, 0.6) is 0 Å². The van der Waals surface area contributed by atoms with Crippen molar-refractivity contribution in [1.82, 2.24) is 0 Å². The molecule has 5 heteroatoms. The fourth-order valence-electron chi connectivity index (χ4n) is 0.761. The van der Waals surface area contributed by atoms with Crippen LogP contribution in [0.4, 0.5) is 0 Å². The van der Waals surface area contributed by atoms with Crippen LogP contribution in [0.2, 0.25) is 0 Å². The molecule has 0 aliphatic carbocycles. The Bertz CT molecular complexity index is 147. The Hall–Kier alpha value is -0.650. The van der Waals surface area contributed by atoms with Gasteiger partial charge in [-0.3, -0.25) is 4.79 Å². The second-order valence-electron chi connectivity index (χ2n) is 2.54. The highest BCUT2D eigenvalue weighted by Gasteiger charge is 2.43. The Morgan fingerprint density at radius 1 is 1.36 bits per heavy atom. The van der Waals surface area contributed by atoms with Gasteiger partial charge in [0.2, 0.25) is 0 Å². The molecule has 0 aliphatic heterocycles. The van der Waals surface area contributed by atoms with Gasteiger partial charge in [0.15, 0.2) is 5.60 Å². The van der Waals surface area contributed by atoms with Crippen LogP contribution in [0, 0.1) is 0 Å². The SMILES string of the molecule is CC(O)C(O)(C(N)=O)C(C)O. The highest BCUT2D eigenvalue weighted by molar-refractivity contribution is 5.84. The van der Waals surface area contributed by atoms with Crippen molar-refractivity contribution in [3.63, 3.8) is 0 Å². The van der Waals surface area contributed by atoms with Crippen LogP contribution >= 0.6 is 0 Å². The maximum atomic E-state index is 10.6. The largest absolute Gasteiger partial charge is 0.390 e. The number of aliphatic hydroxyl groups excluding tert-OH is 2. The zero-order chi connectivity index (χ0) is 9.23. The van der Waals surface area contributed by atoms with E-state index in [2.05, 4.69) is 0 Å². The molecule has 66 valence electrons. The fraction of sp³-hybridized carbons (Fsp3) is 0.833. The first-order valence-corrected chi connectivity index (χ1v) is 3.21. The number of amides is 1. The molecule has 0 rings (SSSR count). The first-order valence-electron chi connectivity index (χ1n) is 3.21. The van der Waals surface area contributed by atoms with Gasteiger partial charge in [-0.15, -0.1) is 0 Å². The third-order valence-corrected chi connectivity index (χ3v) is 1.67. The topological polar surface area (TPSA) is 104 Å². The van der Waals surface area contributed by atoms with E-state index >= 15 is 0 Å². The molecule has 0 spiro atoms. The third kappa shape index (κ3) is 1.68. The van der Waals surface area contributed by atoms with Gasteiger partial charge < -0.3 is 21.1 Å². The normalized spacial score (nSPS) is 21.9. The summed E-state index contributed by atoms with van der Waals surface area (Å²) >= 11 is 0. The lowest BCUT2D eigenvalue weighted by Gasteiger charge is -2.29. The van der Waals surface area contributed by atoms with Crippen LogP contribution in [0.25, 0.3) is 0 Å². The molecule has 0 bridgehead atoms. The monoisotopic (exact) mass is 163 g/mol. The van der Waals surface area contributed by atoms with Crippen molar-refractivity contribution >= 4 is 5.91 Å². The summed E-state index contributed by atoms with van der Waals surface area (Å²) in [5.41, 5.74) is 2.51. The van der Waals surface area contributed by atoms with Crippen molar-refractivity contribution in [2.24, 2.45) is 5.73 Å². The smallest absolute Gasteiger partial charge is 0.254 e. The zero-order valence-corrected chi connectivity index (χ0v) is 6.48. The molecular formula is C6H13NO4. The third-order valence-electron chi connectivity index (χ3n) is 1.67. The van der Waals surface area contributed by atoms with Gasteiger partial charge in [-0.2, -0.15) is 0 Å². The van der Waals surface area contributed by atoms with Gasteiger partial charge in [-0.05, 0) is 13.8 Å². The van der Waals surface area contributed by atoms with Gasteiger partial charge in [0.05, 0.1) is 12.2 Å². The average Bonchev–Trinajstić information content (AvgIpc) is 1.84. The Morgan fingerprint density at radius 2 is 1.64 bits per heavy atom. The number of aliphatic hydroxyl groups is 3. The van der Waals surface area contributed by atoms with Gasteiger partial charge >= 0.3 is 0 Å². The van der Waals surface area contributed by atoms with E-state index in [9.17, 15) is 9.90 Å². The number of carbonyl (C=O) groups excluding carboxylic acids is 1. The summed E-state index contributed by atoms with van der Waals surface area (Å²) in [6.07, 6.45) is -2.78. The second kappa shape index (κ2) is 3.17. The van der Waals surface area contributed by atoms with Crippen LogP contribution < -0.4 is 5.73 Å². The predicted octanol–water partition coefficient (Wildman–Crippen LogP) is -2.04. The number of hydrogen-bond donors (Lipinski definition) is 4. The standard InChI is InChI=1S/C6H13NO4/c1-3(8)6(11,4(2)9)5(7)10/h3-4,8-9,11H,1-2H3,(H2,7,10). The van der Waals surface area contributed by atoms with Gasteiger partial charge in [0.1, 0.15) is 0 Å². The number of nitrogens with two attached hydrogens (primary N) is 1. The molecule has 5 N–H and O–H groups in total. The van der Waals surface area contributed by atoms with Crippen LogP contribution in [0.15, 0.2) is 0 Å². The Labute approximate surface area is 64.4 Å². The van der Waals surface area contributed by atoms with Crippen LogP contribution in [0.1, 0.15) is 13.8 Å². The number of rotatable bonds is 3. The zero-order valence-electron chi connectivity index (χ0n) is 6.48. The summed E-state index contributed by atoms with van der Waals surface area (Å²) in [5.74, 6) is -1.14. The summed E-state index contributed by atoms with van der Waals surface area (Å²) in [5, 5.41) is 27.1. The maximum absolute atomic E-state index is 10.6. The second-order valence-corrected chi connectivity index (χ2v) is 2.54. The van der Waals surface area contributed by atoms with Crippen LogP contribution in [-0.4, -0.2) is 39.0 Å². The van der Waals surface area contributed by atoms with Crippen molar-refractivity contribution in [3.8, 4) is 0 Å². The molecule has 0 aromatic heterocycles. The summed E-state index contributed by atoms with van der Waals surface area (Å²) in [7, 11) is 0. The molecule has 5 nitrogen and oxygen atoms in total. The summed E-state index contributed by atoms with van der Waals surface area (Å²) in [4.78, 5) is 10.6.